The average Bonchev–Trinajstić information content (AvgIpc) is 2.84. The third-order valence-electron chi connectivity index (χ3n) is 5.97. The second kappa shape index (κ2) is 12.0. The molecule has 2 aromatic carbocycles. The number of anilines is 2. The van der Waals surface area contributed by atoms with E-state index in [1.54, 1.807) is 0 Å². The second-order valence-corrected chi connectivity index (χ2v) is 8.16. The van der Waals surface area contributed by atoms with Gasteiger partial charge in [-0.05, 0) is 49.6 Å². The van der Waals surface area contributed by atoms with E-state index in [0.29, 0.717) is 6.42 Å². The van der Waals surface area contributed by atoms with Crippen LogP contribution in [-0.4, -0.2) is 72.2 Å². The molecule has 8 heteroatoms. The van der Waals surface area contributed by atoms with E-state index in [1.807, 2.05) is 11.0 Å². The number of carboxylic acid groups (broad SMARTS) is 2. The van der Waals surface area contributed by atoms with E-state index in [2.05, 4.69) is 58.3 Å². The minimum atomic E-state index is -1.82. The van der Waals surface area contributed by atoms with Crippen LogP contribution in [0.25, 0.3) is 0 Å². The zero-order chi connectivity index (χ0) is 23.6. The highest BCUT2D eigenvalue weighted by Gasteiger charge is 2.23. The minimum Gasteiger partial charge on any atom is -0.473 e. The van der Waals surface area contributed by atoms with Gasteiger partial charge in [0.1, 0.15) is 0 Å². The Balaban J connectivity index is 0.000000454. The van der Waals surface area contributed by atoms with E-state index in [-0.39, 0.29) is 5.91 Å². The molecule has 0 saturated carbocycles. The lowest BCUT2D eigenvalue weighted by Crippen LogP contribution is -2.46. The predicted octanol–water partition coefficient (Wildman–Crippen LogP) is 2.72. The summed E-state index contributed by atoms with van der Waals surface area (Å²) in [5, 5.41) is 14.8. The van der Waals surface area contributed by atoms with Crippen molar-refractivity contribution in [2.24, 2.45) is 0 Å². The Kier molecular flexibility index (Phi) is 8.83. The third kappa shape index (κ3) is 7.05. The molecule has 176 valence electrons. The summed E-state index contributed by atoms with van der Waals surface area (Å²) in [5.41, 5.74) is 3.78. The summed E-state index contributed by atoms with van der Waals surface area (Å²) >= 11 is 0. The van der Waals surface area contributed by atoms with E-state index >= 15 is 0 Å². The normalized spacial score (nSPS) is 15.9. The van der Waals surface area contributed by atoms with Gasteiger partial charge in [0.25, 0.3) is 0 Å². The number of para-hydroxylation sites is 2. The van der Waals surface area contributed by atoms with Crippen molar-refractivity contribution in [1.82, 2.24) is 4.90 Å². The Bertz CT molecular complexity index is 930. The minimum absolute atomic E-state index is 0.283. The van der Waals surface area contributed by atoms with Gasteiger partial charge in [-0.25, -0.2) is 9.59 Å². The maximum absolute atomic E-state index is 12.3. The molecule has 1 amide bonds. The molecule has 2 aliphatic rings. The Morgan fingerprint density at radius 3 is 2.03 bits per heavy atom. The van der Waals surface area contributed by atoms with Crippen molar-refractivity contribution in [1.29, 1.82) is 0 Å². The summed E-state index contributed by atoms with van der Waals surface area (Å²) in [5.74, 6) is -3.37. The molecule has 0 spiro atoms. The Morgan fingerprint density at radius 2 is 1.36 bits per heavy atom. The SMILES string of the molecule is O=C(O)C(=O)O.O=C1CCc2ccccc2N1CCCCN1CCN(c2ccccc2)CC1. The second-order valence-electron chi connectivity index (χ2n) is 8.16. The highest BCUT2D eigenvalue weighted by Crippen LogP contribution is 2.27. The number of hydrogen-bond acceptors (Lipinski definition) is 5. The van der Waals surface area contributed by atoms with E-state index in [0.717, 1.165) is 64.2 Å². The first kappa shape index (κ1) is 24.3. The number of piperazine rings is 1. The number of hydrogen-bond donors (Lipinski definition) is 2. The molecule has 33 heavy (non-hydrogen) atoms. The number of amides is 1. The molecule has 0 unspecified atom stereocenters. The van der Waals surface area contributed by atoms with Crippen LogP contribution in [0.3, 0.4) is 0 Å². The molecule has 8 nitrogen and oxygen atoms in total. The molecule has 1 saturated heterocycles. The van der Waals surface area contributed by atoms with Crippen LogP contribution in [0, 0.1) is 0 Å². The Hall–Kier alpha value is -3.39. The quantitative estimate of drug-likeness (QED) is 0.512. The maximum atomic E-state index is 12.3. The van der Waals surface area contributed by atoms with Crippen molar-refractivity contribution in [3.05, 3.63) is 60.2 Å². The van der Waals surface area contributed by atoms with E-state index in [9.17, 15) is 4.79 Å². The fourth-order valence-electron chi connectivity index (χ4n) is 4.22. The molecule has 2 aliphatic heterocycles. The van der Waals surface area contributed by atoms with Crippen LogP contribution in [0.15, 0.2) is 54.6 Å². The summed E-state index contributed by atoms with van der Waals surface area (Å²) in [6, 6.07) is 19.1. The van der Waals surface area contributed by atoms with Gasteiger partial charge < -0.3 is 20.0 Å². The molecule has 1 fully saturated rings. The largest absolute Gasteiger partial charge is 0.473 e. The molecule has 2 heterocycles. The molecular weight excluding hydrogens is 422 g/mol. The molecule has 0 atom stereocenters. The molecular formula is C25H31N3O5. The molecule has 0 bridgehead atoms. The van der Waals surface area contributed by atoms with Gasteiger partial charge >= 0.3 is 11.9 Å². The van der Waals surface area contributed by atoms with Crippen LogP contribution in [-0.2, 0) is 20.8 Å². The highest BCUT2D eigenvalue weighted by molar-refractivity contribution is 6.27. The van der Waals surface area contributed by atoms with Crippen molar-refractivity contribution >= 4 is 29.2 Å². The lowest BCUT2D eigenvalue weighted by molar-refractivity contribution is -0.159. The van der Waals surface area contributed by atoms with Crippen LogP contribution in [0.4, 0.5) is 11.4 Å². The zero-order valence-corrected chi connectivity index (χ0v) is 18.7. The predicted molar refractivity (Wildman–Crippen MR) is 127 cm³/mol. The first-order chi connectivity index (χ1) is 16.0. The zero-order valence-electron chi connectivity index (χ0n) is 18.7. The average molecular weight is 454 g/mol. The number of nitrogens with zero attached hydrogens (tertiary/aromatic N) is 3. The van der Waals surface area contributed by atoms with Crippen LogP contribution in [0.1, 0.15) is 24.8 Å². The van der Waals surface area contributed by atoms with E-state index in [4.69, 9.17) is 19.8 Å². The standard InChI is InChI=1S/C23H29N3O.C2H2O4/c27-23-13-12-20-8-4-5-11-22(20)26(23)15-7-6-14-24-16-18-25(19-17-24)21-9-2-1-3-10-21;3-1(4)2(5)6/h1-5,8-11H,6-7,12-19H2;(H,3,4)(H,5,6). The number of benzene rings is 2. The van der Waals surface area contributed by atoms with Gasteiger partial charge in [-0.3, -0.25) is 9.69 Å². The van der Waals surface area contributed by atoms with Gasteiger partial charge in [-0.1, -0.05) is 36.4 Å². The molecule has 0 aliphatic carbocycles. The monoisotopic (exact) mass is 453 g/mol. The smallest absolute Gasteiger partial charge is 0.414 e. The lowest BCUT2D eigenvalue weighted by Gasteiger charge is -2.36. The molecule has 4 rings (SSSR count). The molecule has 0 radical (unpaired) electrons. The summed E-state index contributed by atoms with van der Waals surface area (Å²) < 4.78 is 0. The third-order valence-corrected chi connectivity index (χ3v) is 5.97. The number of rotatable bonds is 6. The number of aryl methyl sites for hydroxylation is 1. The fraction of sp³-hybridized carbons (Fsp3) is 0.400. The summed E-state index contributed by atoms with van der Waals surface area (Å²) in [7, 11) is 0. The van der Waals surface area contributed by atoms with Gasteiger partial charge in [0.15, 0.2) is 0 Å². The number of carbonyl (C=O) groups is 3. The molecule has 0 aromatic heterocycles. The first-order valence-electron chi connectivity index (χ1n) is 11.3. The summed E-state index contributed by atoms with van der Waals surface area (Å²) in [6.45, 7) is 6.43. The van der Waals surface area contributed by atoms with Crippen molar-refractivity contribution in [3.63, 3.8) is 0 Å². The van der Waals surface area contributed by atoms with Crippen molar-refractivity contribution in [2.45, 2.75) is 25.7 Å². The number of unbranched alkanes of at least 4 members (excludes halogenated alkanes) is 1. The summed E-state index contributed by atoms with van der Waals surface area (Å²) in [4.78, 5) is 37.6. The Morgan fingerprint density at radius 1 is 0.758 bits per heavy atom. The Labute approximate surface area is 194 Å². The summed E-state index contributed by atoms with van der Waals surface area (Å²) in [6.07, 6.45) is 3.76. The van der Waals surface area contributed by atoms with Gasteiger partial charge in [0.2, 0.25) is 5.91 Å². The highest BCUT2D eigenvalue weighted by atomic mass is 16.4. The topological polar surface area (TPSA) is 101 Å². The number of carboxylic acids is 2. The molecule has 2 N–H and O–H groups in total. The van der Waals surface area contributed by atoms with E-state index in [1.165, 1.54) is 11.3 Å². The van der Waals surface area contributed by atoms with Gasteiger partial charge in [0.05, 0.1) is 0 Å². The van der Waals surface area contributed by atoms with E-state index < -0.39 is 11.9 Å². The number of aliphatic carboxylic acids is 2. The van der Waals surface area contributed by atoms with Crippen LogP contribution in [0.5, 0.6) is 0 Å². The van der Waals surface area contributed by atoms with Gasteiger partial charge in [0, 0.05) is 50.5 Å². The number of carbonyl (C=O) groups excluding carboxylic acids is 1. The van der Waals surface area contributed by atoms with Crippen LogP contribution in [0.2, 0.25) is 0 Å². The van der Waals surface area contributed by atoms with Gasteiger partial charge in [-0.15, -0.1) is 0 Å². The first-order valence-corrected chi connectivity index (χ1v) is 11.3. The van der Waals surface area contributed by atoms with Gasteiger partial charge in [-0.2, -0.15) is 0 Å². The van der Waals surface area contributed by atoms with Crippen molar-refractivity contribution in [2.75, 3.05) is 49.1 Å². The lowest BCUT2D eigenvalue weighted by atomic mass is 10.0. The molecule has 2 aromatic rings. The maximum Gasteiger partial charge on any atom is 0.414 e. The van der Waals surface area contributed by atoms with Crippen molar-refractivity contribution < 1.29 is 24.6 Å². The van der Waals surface area contributed by atoms with Crippen LogP contribution < -0.4 is 9.80 Å². The number of fused-ring (bicyclic) bond motifs is 1. The fourth-order valence-corrected chi connectivity index (χ4v) is 4.22. The van der Waals surface area contributed by atoms with Crippen LogP contribution >= 0.6 is 0 Å². The van der Waals surface area contributed by atoms with Crippen molar-refractivity contribution in [3.8, 4) is 0 Å².